The summed E-state index contributed by atoms with van der Waals surface area (Å²) in [5.41, 5.74) is 0. The Hall–Kier alpha value is -0.670. The van der Waals surface area contributed by atoms with Crippen LogP contribution in [0.25, 0.3) is 0 Å². The second-order valence-corrected chi connectivity index (χ2v) is 6.06. The summed E-state index contributed by atoms with van der Waals surface area (Å²) in [4.78, 5) is 12.7. The van der Waals surface area contributed by atoms with Gasteiger partial charge < -0.3 is 5.32 Å². The van der Waals surface area contributed by atoms with Crippen LogP contribution in [0.15, 0.2) is 29.2 Å². The molecule has 1 N–H and O–H groups in total. The van der Waals surface area contributed by atoms with Crippen molar-refractivity contribution in [2.24, 2.45) is 5.92 Å². The summed E-state index contributed by atoms with van der Waals surface area (Å²) >= 11 is 7.69. The van der Waals surface area contributed by atoms with Gasteiger partial charge in [-0.25, -0.2) is 0 Å². The number of thioether (sulfide) groups is 1. The second-order valence-electron chi connectivity index (χ2n) is 4.52. The van der Waals surface area contributed by atoms with Gasteiger partial charge in [-0.05, 0) is 18.1 Å². The van der Waals surface area contributed by atoms with Gasteiger partial charge in [0.1, 0.15) is 0 Å². The van der Waals surface area contributed by atoms with Crippen molar-refractivity contribution in [2.75, 3.05) is 12.3 Å². The fraction of sp³-hybridized carbons (Fsp3) is 0.533. The van der Waals surface area contributed by atoms with E-state index >= 15 is 0 Å². The van der Waals surface area contributed by atoms with Crippen LogP contribution in [-0.2, 0) is 4.79 Å². The molecule has 1 amide bonds. The van der Waals surface area contributed by atoms with Crippen LogP contribution in [0.1, 0.15) is 33.1 Å². The minimum absolute atomic E-state index is 0.131. The lowest BCUT2D eigenvalue weighted by Crippen LogP contribution is -2.29. The maximum Gasteiger partial charge on any atom is 0.220 e. The van der Waals surface area contributed by atoms with Gasteiger partial charge in [-0.2, -0.15) is 0 Å². The Balaban J connectivity index is 2.22. The Morgan fingerprint density at radius 3 is 2.63 bits per heavy atom. The Morgan fingerprint density at radius 2 is 2.00 bits per heavy atom. The fourth-order valence-corrected chi connectivity index (χ4v) is 2.93. The molecular formula is C15H22ClNOS. The van der Waals surface area contributed by atoms with Gasteiger partial charge in [0.2, 0.25) is 5.91 Å². The normalized spacial score (nSPS) is 10.7. The molecule has 4 heteroatoms. The first kappa shape index (κ1) is 16.4. The van der Waals surface area contributed by atoms with Crippen molar-refractivity contribution < 1.29 is 4.79 Å². The highest BCUT2D eigenvalue weighted by Crippen LogP contribution is 2.26. The predicted octanol–water partition coefficient (Wildman–Crippen LogP) is 4.37. The SMILES string of the molecule is CCC(CC)CNC(=O)CCSc1ccccc1Cl. The van der Waals surface area contributed by atoms with Crippen molar-refractivity contribution in [3.63, 3.8) is 0 Å². The third-order valence-corrected chi connectivity index (χ3v) is 4.68. The molecule has 1 rings (SSSR count). The molecule has 0 heterocycles. The number of nitrogens with one attached hydrogen (secondary N) is 1. The molecule has 0 aliphatic heterocycles. The third kappa shape index (κ3) is 6.35. The molecule has 1 aromatic rings. The Morgan fingerprint density at radius 1 is 1.32 bits per heavy atom. The average Bonchev–Trinajstić information content (AvgIpc) is 2.42. The molecule has 2 nitrogen and oxygen atoms in total. The number of hydrogen-bond acceptors (Lipinski definition) is 2. The lowest BCUT2D eigenvalue weighted by Gasteiger charge is -2.13. The average molecular weight is 300 g/mol. The van der Waals surface area contributed by atoms with Gasteiger partial charge >= 0.3 is 0 Å². The lowest BCUT2D eigenvalue weighted by atomic mass is 10.0. The molecule has 0 saturated carbocycles. The van der Waals surface area contributed by atoms with E-state index in [-0.39, 0.29) is 5.91 Å². The smallest absolute Gasteiger partial charge is 0.220 e. The van der Waals surface area contributed by atoms with Crippen LogP contribution in [0.4, 0.5) is 0 Å². The number of halogens is 1. The van der Waals surface area contributed by atoms with Crippen LogP contribution < -0.4 is 5.32 Å². The van der Waals surface area contributed by atoms with E-state index in [9.17, 15) is 4.79 Å². The van der Waals surface area contributed by atoms with E-state index in [0.717, 1.165) is 35.1 Å². The van der Waals surface area contributed by atoms with E-state index in [0.29, 0.717) is 12.3 Å². The van der Waals surface area contributed by atoms with Crippen LogP contribution >= 0.6 is 23.4 Å². The van der Waals surface area contributed by atoms with Crippen molar-refractivity contribution in [3.05, 3.63) is 29.3 Å². The molecule has 0 fully saturated rings. The second kappa shape index (κ2) is 9.27. The van der Waals surface area contributed by atoms with Crippen LogP contribution in [0, 0.1) is 5.92 Å². The molecule has 0 bridgehead atoms. The first-order valence-corrected chi connectivity index (χ1v) is 8.17. The maximum absolute atomic E-state index is 11.7. The molecule has 1 aromatic carbocycles. The summed E-state index contributed by atoms with van der Waals surface area (Å²) in [6, 6.07) is 7.72. The topological polar surface area (TPSA) is 29.1 Å². The van der Waals surface area contributed by atoms with Gasteiger partial charge in [0.25, 0.3) is 0 Å². The summed E-state index contributed by atoms with van der Waals surface area (Å²) in [5.74, 6) is 1.49. The number of rotatable bonds is 8. The molecule has 0 aliphatic carbocycles. The van der Waals surface area contributed by atoms with Gasteiger partial charge in [-0.15, -0.1) is 11.8 Å². The van der Waals surface area contributed by atoms with Gasteiger partial charge in [0, 0.05) is 23.6 Å². The summed E-state index contributed by atoms with van der Waals surface area (Å²) in [6.07, 6.45) is 2.77. The molecule has 106 valence electrons. The highest BCUT2D eigenvalue weighted by atomic mass is 35.5. The van der Waals surface area contributed by atoms with Gasteiger partial charge in [-0.3, -0.25) is 4.79 Å². The van der Waals surface area contributed by atoms with Gasteiger partial charge in [-0.1, -0.05) is 50.4 Å². The number of benzene rings is 1. The van der Waals surface area contributed by atoms with E-state index < -0.39 is 0 Å². The van der Waals surface area contributed by atoms with E-state index in [1.54, 1.807) is 11.8 Å². The number of carbonyl (C=O) groups excluding carboxylic acids is 1. The number of amides is 1. The Bertz CT molecular complexity index is 393. The number of hydrogen-bond donors (Lipinski definition) is 1. The summed E-state index contributed by atoms with van der Waals surface area (Å²) in [6.45, 7) is 5.11. The standard InChI is InChI=1S/C15H22ClNOS/c1-3-12(4-2)11-17-15(18)9-10-19-14-8-6-5-7-13(14)16/h5-8,12H,3-4,9-11H2,1-2H3,(H,17,18). The van der Waals surface area contributed by atoms with Crippen molar-refractivity contribution in [3.8, 4) is 0 Å². The van der Waals surface area contributed by atoms with E-state index in [1.807, 2.05) is 24.3 Å². The summed E-state index contributed by atoms with van der Waals surface area (Å²) < 4.78 is 0. The minimum atomic E-state index is 0.131. The predicted molar refractivity (Wildman–Crippen MR) is 83.9 cm³/mol. The Labute approximate surface area is 125 Å². The molecular weight excluding hydrogens is 278 g/mol. The van der Waals surface area contributed by atoms with Crippen LogP contribution in [-0.4, -0.2) is 18.2 Å². The first-order valence-electron chi connectivity index (χ1n) is 6.81. The quantitative estimate of drug-likeness (QED) is 0.722. The molecule has 0 aliphatic rings. The zero-order valence-corrected chi connectivity index (χ0v) is 13.2. The molecule has 0 aromatic heterocycles. The summed E-state index contributed by atoms with van der Waals surface area (Å²) in [5, 5.41) is 3.75. The van der Waals surface area contributed by atoms with Crippen LogP contribution in [0.2, 0.25) is 5.02 Å². The van der Waals surface area contributed by atoms with Crippen molar-refractivity contribution >= 4 is 29.3 Å². The van der Waals surface area contributed by atoms with Crippen LogP contribution in [0.3, 0.4) is 0 Å². The Kier molecular flexibility index (Phi) is 7.99. The van der Waals surface area contributed by atoms with Crippen molar-refractivity contribution in [1.82, 2.24) is 5.32 Å². The van der Waals surface area contributed by atoms with E-state index in [4.69, 9.17) is 11.6 Å². The largest absolute Gasteiger partial charge is 0.356 e. The lowest BCUT2D eigenvalue weighted by molar-refractivity contribution is -0.120. The highest BCUT2D eigenvalue weighted by Gasteiger charge is 2.07. The molecule has 0 unspecified atom stereocenters. The highest BCUT2D eigenvalue weighted by molar-refractivity contribution is 7.99. The van der Waals surface area contributed by atoms with Crippen LogP contribution in [0.5, 0.6) is 0 Å². The van der Waals surface area contributed by atoms with E-state index in [1.165, 1.54) is 0 Å². The van der Waals surface area contributed by atoms with Crippen molar-refractivity contribution in [2.45, 2.75) is 38.0 Å². The molecule has 0 radical (unpaired) electrons. The molecule has 19 heavy (non-hydrogen) atoms. The fourth-order valence-electron chi connectivity index (χ4n) is 1.74. The molecule has 0 atom stereocenters. The van der Waals surface area contributed by atoms with Crippen molar-refractivity contribution in [1.29, 1.82) is 0 Å². The maximum atomic E-state index is 11.7. The molecule has 0 spiro atoms. The zero-order valence-electron chi connectivity index (χ0n) is 11.6. The van der Waals surface area contributed by atoms with Gasteiger partial charge in [0.15, 0.2) is 0 Å². The third-order valence-electron chi connectivity index (χ3n) is 3.17. The molecule has 0 saturated heterocycles. The van der Waals surface area contributed by atoms with E-state index in [2.05, 4.69) is 19.2 Å². The minimum Gasteiger partial charge on any atom is -0.356 e. The summed E-state index contributed by atoms with van der Waals surface area (Å²) in [7, 11) is 0. The number of carbonyl (C=O) groups is 1. The zero-order chi connectivity index (χ0) is 14.1. The van der Waals surface area contributed by atoms with Gasteiger partial charge in [0.05, 0.1) is 5.02 Å². The first-order chi connectivity index (χ1) is 9.17. The monoisotopic (exact) mass is 299 g/mol.